The highest BCUT2D eigenvalue weighted by Crippen LogP contribution is 2.38. The maximum Gasteiger partial charge on any atom is 0.192 e. The standard InChI is InChI=1S/C29H36N4O3Si/c1-21-27(33-16-10-13-26(28(33)32-21)35-19-24-14-15-30-20-31-24)25(34)17-23(22-11-8-7-9-12-22)18-36-37(5,6)29(2,3)4/h7-16,20,23H,17-19H2,1-6H3/t23-/m0/s1. The van der Waals surface area contributed by atoms with E-state index >= 15 is 0 Å². The fourth-order valence-corrected chi connectivity index (χ4v) is 5.05. The van der Waals surface area contributed by atoms with Crippen molar-refractivity contribution < 1.29 is 14.0 Å². The van der Waals surface area contributed by atoms with E-state index in [9.17, 15) is 4.79 Å². The zero-order valence-electron chi connectivity index (χ0n) is 22.6. The van der Waals surface area contributed by atoms with Crippen molar-refractivity contribution in [3.8, 4) is 5.75 Å². The van der Waals surface area contributed by atoms with Crippen LogP contribution in [0.3, 0.4) is 0 Å². The Balaban J connectivity index is 1.59. The predicted octanol–water partition coefficient (Wildman–Crippen LogP) is 6.39. The van der Waals surface area contributed by atoms with E-state index in [1.54, 1.807) is 6.20 Å². The molecular formula is C29H36N4O3Si. The van der Waals surface area contributed by atoms with Crippen LogP contribution in [0.1, 0.15) is 60.5 Å². The number of nitrogens with zero attached hydrogens (tertiary/aromatic N) is 4. The Morgan fingerprint density at radius 3 is 2.51 bits per heavy atom. The maximum absolute atomic E-state index is 13.8. The Hall–Kier alpha value is -3.36. The average molecular weight is 517 g/mol. The molecule has 0 saturated heterocycles. The number of aromatic nitrogens is 4. The maximum atomic E-state index is 13.8. The monoisotopic (exact) mass is 516 g/mol. The molecule has 0 aliphatic rings. The number of rotatable bonds is 10. The van der Waals surface area contributed by atoms with E-state index in [0.717, 1.165) is 11.3 Å². The van der Waals surface area contributed by atoms with Gasteiger partial charge in [0.15, 0.2) is 25.5 Å². The number of pyridine rings is 1. The van der Waals surface area contributed by atoms with Crippen LogP contribution in [-0.2, 0) is 11.0 Å². The molecule has 1 atom stereocenters. The van der Waals surface area contributed by atoms with Gasteiger partial charge in [-0.1, -0.05) is 51.1 Å². The first-order valence-electron chi connectivity index (χ1n) is 12.6. The number of ether oxygens (including phenoxy) is 1. The highest BCUT2D eigenvalue weighted by Gasteiger charge is 2.38. The van der Waals surface area contributed by atoms with Crippen LogP contribution in [0.15, 0.2) is 67.3 Å². The zero-order chi connectivity index (χ0) is 26.6. The number of hydrogen-bond donors (Lipinski definition) is 0. The van der Waals surface area contributed by atoms with Gasteiger partial charge in [-0.25, -0.2) is 15.0 Å². The molecule has 0 aliphatic heterocycles. The number of fused-ring (bicyclic) bond motifs is 1. The lowest BCUT2D eigenvalue weighted by Gasteiger charge is -2.37. The van der Waals surface area contributed by atoms with Gasteiger partial charge in [-0.2, -0.15) is 0 Å². The molecule has 0 fully saturated rings. The van der Waals surface area contributed by atoms with Crippen LogP contribution < -0.4 is 4.74 Å². The third-order valence-corrected chi connectivity index (χ3v) is 11.7. The number of hydrogen-bond acceptors (Lipinski definition) is 6. The first-order valence-corrected chi connectivity index (χ1v) is 15.5. The van der Waals surface area contributed by atoms with Gasteiger partial charge in [-0.05, 0) is 48.8 Å². The minimum Gasteiger partial charge on any atom is -0.483 e. The van der Waals surface area contributed by atoms with Gasteiger partial charge >= 0.3 is 0 Å². The molecule has 0 bridgehead atoms. The van der Waals surface area contributed by atoms with Crippen LogP contribution >= 0.6 is 0 Å². The van der Waals surface area contributed by atoms with Gasteiger partial charge in [0, 0.05) is 31.3 Å². The van der Waals surface area contributed by atoms with Gasteiger partial charge in [0.05, 0.1) is 11.4 Å². The molecule has 0 saturated carbocycles. The van der Waals surface area contributed by atoms with Crippen molar-refractivity contribution in [1.29, 1.82) is 0 Å². The summed E-state index contributed by atoms with van der Waals surface area (Å²) in [6.45, 7) is 13.9. The van der Waals surface area contributed by atoms with Crippen molar-refractivity contribution in [3.63, 3.8) is 0 Å². The summed E-state index contributed by atoms with van der Waals surface area (Å²) in [6, 6.07) is 15.7. The predicted molar refractivity (Wildman–Crippen MR) is 148 cm³/mol. The van der Waals surface area contributed by atoms with Crippen molar-refractivity contribution in [2.45, 2.75) is 64.8 Å². The molecule has 3 heterocycles. The highest BCUT2D eigenvalue weighted by atomic mass is 28.4. The molecule has 4 rings (SSSR count). The SMILES string of the molecule is Cc1nc2c(OCc3ccncn3)cccn2c1C(=O)C[C@@H](CO[Si](C)(C)C(C)(C)C)c1ccccc1. The van der Waals surface area contributed by atoms with E-state index in [1.807, 2.05) is 53.9 Å². The summed E-state index contributed by atoms with van der Waals surface area (Å²) < 4.78 is 14.4. The van der Waals surface area contributed by atoms with E-state index in [0.29, 0.717) is 35.8 Å². The molecule has 0 aliphatic carbocycles. The van der Waals surface area contributed by atoms with E-state index in [1.165, 1.54) is 6.33 Å². The molecule has 3 aromatic heterocycles. The van der Waals surface area contributed by atoms with Crippen LogP contribution in [0.4, 0.5) is 0 Å². The zero-order valence-corrected chi connectivity index (χ0v) is 23.6. The van der Waals surface area contributed by atoms with Crippen molar-refractivity contribution in [1.82, 2.24) is 19.4 Å². The van der Waals surface area contributed by atoms with Gasteiger partial charge in [-0.3, -0.25) is 9.20 Å². The van der Waals surface area contributed by atoms with Crippen LogP contribution in [0.5, 0.6) is 5.75 Å². The van der Waals surface area contributed by atoms with Crippen LogP contribution in [0, 0.1) is 6.92 Å². The van der Waals surface area contributed by atoms with Crippen molar-refractivity contribution >= 4 is 19.7 Å². The number of carbonyl (C=O) groups is 1. The Kier molecular flexibility index (Phi) is 7.89. The molecule has 8 heteroatoms. The summed E-state index contributed by atoms with van der Waals surface area (Å²) in [7, 11) is -1.97. The van der Waals surface area contributed by atoms with Gasteiger partial charge in [0.2, 0.25) is 0 Å². The Bertz CT molecular complexity index is 1350. The Morgan fingerprint density at radius 1 is 1.08 bits per heavy atom. The lowest BCUT2D eigenvalue weighted by atomic mass is 9.93. The number of imidazole rings is 1. The summed E-state index contributed by atoms with van der Waals surface area (Å²) in [5.74, 6) is 0.583. The summed E-state index contributed by atoms with van der Waals surface area (Å²) in [6.07, 6.45) is 5.37. The molecule has 194 valence electrons. The van der Waals surface area contributed by atoms with Gasteiger partial charge in [0.1, 0.15) is 18.6 Å². The smallest absolute Gasteiger partial charge is 0.192 e. The molecule has 0 amide bonds. The van der Waals surface area contributed by atoms with Gasteiger partial charge < -0.3 is 9.16 Å². The number of carbonyl (C=O) groups excluding carboxylic acids is 1. The van der Waals surface area contributed by atoms with E-state index in [-0.39, 0.29) is 23.3 Å². The van der Waals surface area contributed by atoms with E-state index in [4.69, 9.17) is 14.1 Å². The number of benzene rings is 1. The van der Waals surface area contributed by atoms with Crippen molar-refractivity contribution in [2.75, 3.05) is 6.61 Å². The Labute approximate surface area is 220 Å². The first-order chi connectivity index (χ1) is 17.6. The summed E-state index contributed by atoms with van der Waals surface area (Å²) in [5, 5.41) is 0.0959. The number of aryl methyl sites for hydroxylation is 1. The normalized spacial score (nSPS) is 13.0. The molecule has 0 N–H and O–H groups in total. The third kappa shape index (κ3) is 6.14. The molecule has 1 aromatic carbocycles. The van der Waals surface area contributed by atoms with Gasteiger partial charge in [-0.15, -0.1) is 0 Å². The average Bonchev–Trinajstić information content (AvgIpc) is 3.22. The lowest BCUT2D eigenvalue weighted by molar-refractivity contribution is 0.0955. The second-order valence-electron chi connectivity index (χ2n) is 10.9. The molecular weight excluding hydrogens is 480 g/mol. The van der Waals surface area contributed by atoms with Gasteiger partial charge in [0.25, 0.3) is 0 Å². The lowest BCUT2D eigenvalue weighted by Crippen LogP contribution is -2.41. The minimum atomic E-state index is -1.97. The molecule has 37 heavy (non-hydrogen) atoms. The van der Waals surface area contributed by atoms with E-state index < -0.39 is 8.32 Å². The first kappa shape index (κ1) is 26.7. The quantitative estimate of drug-likeness (QED) is 0.179. The van der Waals surface area contributed by atoms with Crippen LogP contribution in [0.2, 0.25) is 18.1 Å². The van der Waals surface area contributed by atoms with Crippen molar-refractivity contribution in [2.24, 2.45) is 0 Å². The topological polar surface area (TPSA) is 78.6 Å². The van der Waals surface area contributed by atoms with Crippen molar-refractivity contribution in [3.05, 3.63) is 89.9 Å². The summed E-state index contributed by atoms with van der Waals surface area (Å²) in [4.78, 5) is 26.6. The number of ketones is 1. The highest BCUT2D eigenvalue weighted by molar-refractivity contribution is 6.74. The van der Waals surface area contributed by atoms with E-state index in [2.05, 4.69) is 56.0 Å². The molecule has 0 spiro atoms. The third-order valence-electron chi connectivity index (χ3n) is 7.23. The second-order valence-corrected chi connectivity index (χ2v) is 15.7. The summed E-state index contributed by atoms with van der Waals surface area (Å²) >= 11 is 0. The summed E-state index contributed by atoms with van der Waals surface area (Å²) in [5.41, 5.74) is 3.75. The van der Waals surface area contributed by atoms with Crippen LogP contribution in [0.25, 0.3) is 5.65 Å². The Morgan fingerprint density at radius 2 is 1.84 bits per heavy atom. The fourth-order valence-electron chi connectivity index (χ4n) is 4.00. The number of Topliss-reactive ketones (excluding diaryl/α,β-unsaturated/α-hetero) is 1. The second kappa shape index (κ2) is 10.9. The molecule has 4 aromatic rings. The largest absolute Gasteiger partial charge is 0.483 e. The molecule has 0 radical (unpaired) electrons. The minimum absolute atomic E-state index is 0.0330. The molecule has 0 unspecified atom stereocenters. The molecule has 7 nitrogen and oxygen atoms in total. The fraction of sp³-hybridized carbons (Fsp3) is 0.379. The van der Waals surface area contributed by atoms with Crippen LogP contribution in [-0.4, -0.2) is 40.1 Å².